The summed E-state index contributed by atoms with van der Waals surface area (Å²) in [5.41, 5.74) is -0.397. The molecule has 0 aliphatic rings. The van der Waals surface area contributed by atoms with Crippen LogP contribution in [0.3, 0.4) is 0 Å². The summed E-state index contributed by atoms with van der Waals surface area (Å²) < 4.78 is 38.4. The Morgan fingerprint density at radius 2 is 1.62 bits per heavy atom. The molecule has 7 heteroatoms. The summed E-state index contributed by atoms with van der Waals surface area (Å²) in [6.45, 7) is 8.02. The number of nitrogens with zero attached hydrogens (tertiary/aromatic N) is 1. The number of alkyl halides is 3. The van der Waals surface area contributed by atoms with Crippen LogP contribution in [0.25, 0.3) is 0 Å². The molecular formula is C14H21BF3NO2. The second-order valence-electron chi connectivity index (χ2n) is 5.64. The monoisotopic (exact) mass is 303 g/mol. The fraction of sp³-hybridized carbons (Fsp3) is 0.571. The molecule has 1 rings (SSSR count). The molecule has 0 fully saturated rings. The van der Waals surface area contributed by atoms with Gasteiger partial charge in [0, 0.05) is 18.6 Å². The summed E-state index contributed by atoms with van der Waals surface area (Å²) in [7, 11) is -1.79. The molecule has 0 aromatic heterocycles. The minimum Gasteiger partial charge on any atom is -0.423 e. The van der Waals surface area contributed by atoms with Crippen LogP contribution in [0.4, 0.5) is 13.2 Å². The fourth-order valence-corrected chi connectivity index (χ4v) is 2.33. The van der Waals surface area contributed by atoms with E-state index in [1.54, 1.807) is 0 Å². The Kier molecular flexibility index (Phi) is 5.84. The van der Waals surface area contributed by atoms with E-state index >= 15 is 0 Å². The molecule has 0 aliphatic heterocycles. The standard InChI is InChI=1S/C14H21BF3NO2/c1-9(2)19(10(3)4)8-11-7-12(14(16,17)18)5-6-13(11)15(20)21/h5-7,9-10,20-21H,8H2,1-4H3. The first-order chi connectivity index (χ1) is 9.54. The zero-order valence-corrected chi connectivity index (χ0v) is 12.6. The molecule has 3 nitrogen and oxygen atoms in total. The number of hydrogen-bond acceptors (Lipinski definition) is 3. The Labute approximate surface area is 123 Å². The highest BCUT2D eigenvalue weighted by molar-refractivity contribution is 6.59. The summed E-state index contributed by atoms with van der Waals surface area (Å²) in [5, 5.41) is 18.7. The van der Waals surface area contributed by atoms with Crippen molar-refractivity contribution in [1.82, 2.24) is 4.90 Å². The van der Waals surface area contributed by atoms with Crippen molar-refractivity contribution >= 4 is 12.6 Å². The molecule has 0 amide bonds. The first kappa shape index (κ1) is 18.0. The van der Waals surface area contributed by atoms with Gasteiger partial charge in [-0.05, 0) is 44.8 Å². The zero-order chi connectivity index (χ0) is 16.4. The second-order valence-corrected chi connectivity index (χ2v) is 5.64. The molecule has 0 heterocycles. The van der Waals surface area contributed by atoms with Gasteiger partial charge in [0.1, 0.15) is 0 Å². The molecule has 0 aliphatic carbocycles. The molecule has 21 heavy (non-hydrogen) atoms. The first-order valence-electron chi connectivity index (χ1n) is 6.86. The van der Waals surface area contributed by atoms with Gasteiger partial charge < -0.3 is 10.0 Å². The van der Waals surface area contributed by atoms with Crippen molar-refractivity contribution in [3.8, 4) is 0 Å². The van der Waals surface area contributed by atoms with E-state index in [9.17, 15) is 23.2 Å². The van der Waals surface area contributed by atoms with Gasteiger partial charge in [0.2, 0.25) is 0 Å². The lowest BCUT2D eigenvalue weighted by atomic mass is 9.76. The summed E-state index contributed by atoms with van der Waals surface area (Å²) in [4.78, 5) is 1.99. The number of hydrogen-bond donors (Lipinski definition) is 2. The Morgan fingerprint density at radius 1 is 1.10 bits per heavy atom. The van der Waals surface area contributed by atoms with E-state index < -0.39 is 18.9 Å². The van der Waals surface area contributed by atoms with E-state index in [1.807, 2.05) is 32.6 Å². The van der Waals surface area contributed by atoms with Gasteiger partial charge in [-0.15, -0.1) is 0 Å². The minimum atomic E-state index is -4.45. The van der Waals surface area contributed by atoms with Crippen LogP contribution in [0.2, 0.25) is 0 Å². The normalized spacial score (nSPS) is 12.6. The average molecular weight is 303 g/mol. The van der Waals surface area contributed by atoms with Crippen molar-refractivity contribution in [3.63, 3.8) is 0 Å². The summed E-state index contributed by atoms with van der Waals surface area (Å²) in [5.74, 6) is 0. The summed E-state index contributed by atoms with van der Waals surface area (Å²) in [6.07, 6.45) is -4.45. The molecule has 0 saturated carbocycles. The SMILES string of the molecule is CC(C)N(Cc1cc(C(F)(F)F)ccc1B(O)O)C(C)C. The predicted molar refractivity (Wildman–Crippen MR) is 77.1 cm³/mol. The topological polar surface area (TPSA) is 43.7 Å². The number of benzene rings is 1. The van der Waals surface area contributed by atoms with Crippen molar-refractivity contribution in [2.24, 2.45) is 0 Å². The summed E-state index contributed by atoms with van der Waals surface area (Å²) in [6, 6.07) is 3.24. The van der Waals surface area contributed by atoms with Crippen molar-refractivity contribution in [3.05, 3.63) is 29.3 Å². The molecule has 0 saturated heterocycles. The van der Waals surface area contributed by atoms with Crippen LogP contribution in [0.15, 0.2) is 18.2 Å². The molecule has 118 valence electrons. The molecule has 0 radical (unpaired) electrons. The van der Waals surface area contributed by atoms with Crippen LogP contribution in [-0.2, 0) is 12.7 Å². The van der Waals surface area contributed by atoms with E-state index in [-0.39, 0.29) is 29.7 Å². The third-order valence-corrected chi connectivity index (χ3v) is 3.43. The number of halogens is 3. The number of rotatable bonds is 5. The third-order valence-electron chi connectivity index (χ3n) is 3.43. The molecule has 1 aromatic rings. The van der Waals surface area contributed by atoms with E-state index in [0.717, 1.165) is 18.2 Å². The third kappa shape index (κ3) is 4.73. The Morgan fingerprint density at radius 3 is 2.00 bits per heavy atom. The lowest BCUT2D eigenvalue weighted by Gasteiger charge is -2.31. The van der Waals surface area contributed by atoms with E-state index in [4.69, 9.17) is 0 Å². The maximum Gasteiger partial charge on any atom is 0.488 e. The van der Waals surface area contributed by atoms with Gasteiger partial charge in [0.05, 0.1) is 5.56 Å². The van der Waals surface area contributed by atoms with Gasteiger partial charge in [0.15, 0.2) is 0 Å². The maximum absolute atomic E-state index is 12.8. The first-order valence-corrected chi connectivity index (χ1v) is 6.86. The molecule has 0 unspecified atom stereocenters. The smallest absolute Gasteiger partial charge is 0.423 e. The van der Waals surface area contributed by atoms with Crippen molar-refractivity contribution in [2.75, 3.05) is 0 Å². The van der Waals surface area contributed by atoms with Crippen LogP contribution < -0.4 is 5.46 Å². The van der Waals surface area contributed by atoms with Crippen LogP contribution in [0.1, 0.15) is 38.8 Å². The molecule has 0 atom stereocenters. The zero-order valence-electron chi connectivity index (χ0n) is 12.6. The Hall–Kier alpha value is -1.05. The highest BCUT2D eigenvalue weighted by Gasteiger charge is 2.32. The lowest BCUT2D eigenvalue weighted by molar-refractivity contribution is -0.137. The molecule has 1 aromatic carbocycles. The largest absolute Gasteiger partial charge is 0.488 e. The summed E-state index contributed by atoms with van der Waals surface area (Å²) >= 11 is 0. The van der Waals surface area contributed by atoms with Gasteiger partial charge >= 0.3 is 13.3 Å². The Bertz CT molecular complexity index is 468. The van der Waals surface area contributed by atoms with E-state index in [2.05, 4.69) is 0 Å². The maximum atomic E-state index is 12.8. The quantitative estimate of drug-likeness (QED) is 0.818. The van der Waals surface area contributed by atoms with Gasteiger partial charge in [0.25, 0.3) is 0 Å². The highest BCUT2D eigenvalue weighted by atomic mass is 19.4. The second kappa shape index (κ2) is 6.81. The van der Waals surface area contributed by atoms with Gasteiger partial charge in [-0.1, -0.05) is 12.1 Å². The van der Waals surface area contributed by atoms with Crippen LogP contribution in [0.5, 0.6) is 0 Å². The Balaban J connectivity index is 3.23. The van der Waals surface area contributed by atoms with Crippen LogP contribution >= 0.6 is 0 Å². The van der Waals surface area contributed by atoms with E-state index in [0.29, 0.717) is 0 Å². The van der Waals surface area contributed by atoms with Gasteiger partial charge in [-0.25, -0.2) is 0 Å². The average Bonchev–Trinajstić information content (AvgIpc) is 2.33. The van der Waals surface area contributed by atoms with Crippen molar-refractivity contribution in [2.45, 2.75) is 52.5 Å². The van der Waals surface area contributed by atoms with Crippen molar-refractivity contribution in [1.29, 1.82) is 0 Å². The molecular weight excluding hydrogens is 282 g/mol. The van der Waals surface area contributed by atoms with Gasteiger partial charge in [-0.2, -0.15) is 13.2 Å². The van der Waals surface area contributed by atoms with Crippen LogP contribution in [-0.4, -0.2) is 34.2 Å². The molecule has 0 spiro atoms. The molecule has 2 N–H and O–H groups in total. The van der Waals surface area contributed by atoms with Gasteiger partial charge in [-0.3, -0.25) is 4.90 Å². The molecule has 0 bridgehead atoms. The highest BCUT2D eigenvalue weighted by Crippen LogP contribution is 2.29. The predicted octanol–water partition coefficient (Wildman–Crippen LogP) is 2.00. The van der Waals surface area contributed by atoms with Crippen molar-refractivity contribution < 1.29 is 23.2 Å². The fourth-order valence-electron chi connectivity index (χ4n) is 2.33. The minimum absolute atomic E-state index is 0.106. The lowest BCUT2D eigenvalue weighted by Crippen LogP contribution is -2.41. The van der Waals surface area contributed by atoms with E-state index in [1.165, 1.54) is 0 Å². The van der Waals surface area contributed by atoms with Crippen LogP contribution in [0, 0.1) is 0 Å².